The van der Waals surface area contributed by atoms with Gasteiger partial charge in [0.15, 0.2) is 0 Å². The molecule has 0 unspecified atom stereocenters. The van der Waals surface area contributed by atoms with Gasteiger partial charge >= 0.3 is 6.18 Å². The van der Waals surface area contributed by atoms with E-state index in [1.807, 2.05) is 18.2 Å². The second kappa shape index (κ2) is 14.2. The Morgan fingerprint density at radius 3 is 2.49 bits per heavy atom. The average Bonchev–Trinajstić information content (AvgIpc) is 3.49. The predicted molar refractivity (Wildman–Crippen MR) is 160 cm³/mol. The number of alkyl halides is 3. The Morgan fingerprint density at radius 1 is 1.00 bits per heavy atom. The van der Waals surface area contributed by atoms with Gasteiger partial charge in [0.1, 0.15) is 12.4 Å². The molecule has 43 heavy (non-hydrogen) atoms. The third-order valence-corrected chi connectivity index (χ3v) is 7.07. The number of rotatable bonds is 11. The highest BCUT2D eigenvalue weighted by atomic mass is 19.4. The normalized spacial score (nSPS) is 14.7. The topological polar surface area (TPSA) is 79.5 Å². The van der Waals surface area contributed by atoms with Gasteiger partial charge in [-0.15, -0.1) is 0 Å². The number of halogens is 3. The number of allylic oxidation sites excluding steroid dienone is 1. The van der Waals surface area contributed by atoms with Crippen molar-refractivity contribution in [3.05, 3.63) is 108 Å². The van der Waals surface area contributed by atoms with E-state index < -0.39 is 12.6 Å². The molecule has 3 aromatic carbocycles. The number of nitrogens with zero attached hydrogens (tertiary/aromatic N) is 2. The van der Waals surface area contributed by atoms with Crippen LogP contribution in [0.25, 0.3) is 22.0 Å². The molecule has 10 heteroatoms. The number of nitrogens with one attached hydrogen (secondary N) is 2. The number of morpholine rings is 1. The first kappa shape index (κ1) is 30.1. The van der Waals surface area contributed by atoms with Crippen molar-refractivity contribution in [1.29, 1.82) is 0 Å². The second-order valence-electron chi connectivity index (χ2n) is 10.1. The number of aromatic amines is 1. The molecule has 0 aliphatic carbocycles. The van der Waals surface area contributed by atoms with E-state index in [1.54, 1.807) is 77.8 Å². The molecule has 7 nitrogen and oxygen atoms in total. The second-order valence-corrected chi connectivity index (χ2v) is 10.1. The number of amides is 1. The molecular formula is C33H33F3N4O3. The number of fused-ring (bicyclic) bond motifs is 1. The highest BCUT2D eigenvalue weighted by Crippen LogP contribution is 2.40. The zero-order valence-corrected chi connectivity index (χ0v) is 23.6. The summed E-state index contributed by atoms with van der Waals surface area (Å²) in [6.45, 7) is 3.80. The van der Waals surface area contributed by atoms with E-state index in [2.05, 4.69) is 15.5 Å². The third-order valence-electron chi connectivity index (χ3n) is 7.07. The number of ether oxygens (including phenoxy) is 2. The maximum absolute atomic E-state index is 13.9. The van der Waals surface area contributed by atoms with Crippen LogP contribution in [0.3, 0.4) is 0 Å². The monoisotopic (exact) mass is 590 g/mol. The van der Waals surface area contributed by atoms with Gasteiger partial charge in [-0.1, -0.05) is 54.6 Å². The van der Waals surface area contributed by atoms with Crippen molar-refractivity contribution in [2.75, 3.05) is 46.0 Å². The van der Waals surface area contributed by atoms with E-state index >= 15 is 0 Å². The Labute approximate surface area is 248 Å². The molecule has 0 radical (unpaired) electrons. The number of carbonyl (C=O) groups is 1. The van der Waals surface area contributed by atoms with Crippen LogP contribution < -0.4 is 10.1 Å². The molecule has 1 amide bonds. The van der Waals surface area contributed by atoms with Gasteiger partial charge < -0.3 is 19.7 Å². The van der Waals surface area contributed by atoms with E-state index in [1.165, 1.54) is 0 Å². The van der Waals surface area contributed by atoms with E-state index in [0.29, 0.717) is 74.0 Å². The van der Waals surface area contributed by atoms with E-state index in [4.69, 9.17) is 9.47 Å². The highest BCUT2D eigenvalue weighted by molar-refractivity contribution is 6.00. The first-order chi connectivity index (χ1) is 20.9. The van der Waals surface area contributed by atoms with Crippen molar-refractivity contribution in [3.8, 4) is 5.75 Å². The molecule has 2 heterocycles. The summed E-state index contributed by atoms with van der Waals surface area (Å²) < 4.78 is 52.9. The Bertz CT molecular complexity index is 1560. The van der Waals surface area contributed by atoms with Gasteiger partial charge in [0.2, 0.25) is 5.91 Å². The van der Waals surface area contributed by atoms with Gasteiger partial charge in [-0.2, -0.15) is 18.3 Å². The number of carbonyl (C=O) groups excluding carboxylic acids is 1. The van der Waals surface area contributed by atoms with Gasteiger partial charge in [0, 0.05) is 37.6 Å². The summed E-state index contributed by atoms with van der Waals surface area (Å²) in [4.78, 5) is 13.9. The molecule has 0 bridgehead atoms. The Kier molecular flexibility index (Phi) is 9.91. The summed E-state index contributed by atoms with van der Waals surface area (Å²) in [5.74, 6) is 0.579. The van der Waals surface area contributed by atoms with E-state index in [0.717, 1.165) is 10.9 Å². The van der Waals surface area contributed by atoms with Gasteiger partial charge in [-0.05, 0) is 52.1 Å². The molecule has 5 rings (SSSR count). The first-order valence-electron chi connectivity index (χ1n) is 14.1. The number of H-pyrrole nitrogens is 1. The van der Waals surface area contributed by atoms with Gasteiger partial charge in [-0.3, -0.25) is 9.89 Å². The van der Waals surface area contributed by atoms with Crippen LogP contribution in [0.1, 0.15) is 23.1 Å². The van der Waals surface area contributed by atoms with Crippen LogP contribution in [0.2, 0.25) is 0 Å². The highest BCUT2D eigenvalue weighted by Gasteiger charge is 2.31. The predicted octanol–water partition coefficient (Wildman–Crippen LogP) is 5.86. The molecular weight excluding hydrogens is 557 g/mol. The summed E-state index contributed by atoms with van der Waals surface area (Å²) >= 11 is 0. The first-order valence-corrected chi connectivity index (χ1v) is 14.1. The van der Waals surface area contributed by atoms with Crippen molar-refractivity contribution in [1.82, 2.24) is 20.4 Å². The lowest BCUT2D eigenvalue weighted by Gasteiger charge is -2.25. The Hall–Kier alpha value is -4.41. The molecule has 0 saturated carbocycles. The zero-order valence-electron chi connectivity index (χ0n) is 23.6. The lowest BCUT2D eigenvalue weighted by Crippen LogP contribution is -2.39. The summed E-state index contributed by atoms with van der Waals surface area (Å²) in [6, 6.07) is 21.3. The lowest BCUT2D eigenvalue weighted by molar-refractivity contribution is -0.130. The summed E-state index contributed by atoms with van der Waals surface area (Å²) in [5.41, 5.74) is 3.31. The maximum Gasteiger partial charge on any atom is 0.393 e. The lowest BCUT2D eigenvalue weighted by atomic mass is 9.87. The van der Waals surface area contributed by atoms with Gasteiger partial charge in [-0.25, -0.2) is 0 Å². The molecule has 1 aliphatic rings. The maximum atomic E-state index is 13.9. The minimum absolute atomic E-state index is 0.0230. The van der Waals surface area contributed by atoms with Crippen LogP contribution in [0.4, 0.5) is 13.2 Å². The molecule has 224 valence electrons. The van der Waals surface area contributed by atoms with Crippen molar-refractivity contribution >= 4 is 28.0 Å². The number of aromatic nitrogens is 2. The fourth-order valence-electron chi connectivity index (χ4n) is 4.98. The Morgan fingerprint density at radius 2 is 1.74 bits per heavy atom. The standard InChI is InChI=1S/C33H33F3N4O3/c34-33(35,36)22-29(24-5-2-1-3-6-24)32(26-10-13-30-27(21-26)23-38-39-30)25-8-11-28(12-9-25)43-18-15-37-14-4-7-31(41)40-16-19-42-20-17-40/h1-13,21,23,37H,14-20,22H2,(H,38,39)/b7-4+,32-29+. The fourth-order valence-corrected chi connectivity index (χ4v) is 4.98. The van der Waals surface area contributed by atoms with Crippen LogP contribution in [0, 0.1) is 0 Å². The zero-order chi connectivity index (χ0) is 30.1. The molecule has 2 N–H and O–H groups in total. The third kappa shape index (κ3) is 8.33. The smallest absolute Gasteiger partial charge is 0.393 e. The Balaban J connectivity index is 1.29. The van der Waals surface area contributed by atoms with Crippen LogP contribution in [0.5, 0.6) is 5.75 Å². The molecule has 0 atom stereocenters. The summed E-state index contributed by atoms with van der Waals surface area (Å²) in [7, 11) is 0. The molecule has 0 spiro atoms. The molecule has 1 aliphatic heterocycles. The van der Waals surface area contributed by atoms with Gasteiger partial charge in [0.25, 0.3) is 0 Å². The van der Waals surface area contributed by atoms with E-state index in [-0.39, 0.29) is 11.5 Å². The minimum atomic E-state index is -4.41. The molecule has 4 aromatic rings. The van der Waals surface area contributed by atoms with Crippen LogP contribution in [0.15, 0.2) is 91.1 Å². The average molecular weight is 591 g/mol. The van der Waals surface area contributed by atoms with Crippen LogP contribution >= 0.6 is 0 Å². The quantitative estimate of drug-likeness (QED) is 0.130. The van der Waals surface area contributed by atoms with Crippen LogP contribution in [-0.4, -0.2) is 73.2 Å². The minimum Gasteiger partial charge on any atom is -0.492 e. The van der Waals surface area contributed by atoms with Crippen LogP contribution in [-0.2, 0) is 9.53 Å². The van der Waals surface area contributed by atoms with Crippen molar-refractivity contribution < 1.29 is 27.4 Å². The summed E-state index contributed by atoms with van der Waals surface area (Å²) in [5, 5.41) is 11.0. The molecule has 1 saturated heterocycles. The van der Waals surface area contributed by atoms with Crippen molar-refractivity contribution in [2.24, 2.45) is 0 Å². The molecule has 1 fully saturated rings. The van der Waals surface area contributed by atoms with Crippen molar-refractivity contribution in [2.45, 2.75) is 12.6 Å². The molecule has 1 aromatic heterocycles. The largest absolute Gasteiger partial charge is 0.492 e. The van der Waals surface area contributed by atoms with E-state index in [9.17, 15) is 18.0 Å². The fraction of sp³-hybridized carbons (Fsp3) is 0.273. The van der Waals surface area contributed by atoms with Crippen molar-refractivity contribution in [3.63, 3.8) is 0 Å². The SMILES string of the molecule is O=C(/C=C/CNCCOc1ccc(/C(=C(/CC(F)(F)F)c2ccccc2)c2ccc3[nH]ncc3c2)cc1)N1CCOCC1. The number of benzene rings is 3. The number of hydrogen-bond donors (Lipinski definition) is 2. The number of hydrogen-bond acceptors (Lipinski definition) is 5. The van der Waals surface area contributed by atoms with Gasteiger partial charge in [0.05, 0.1) is 31.3 Å². The summed E-state index contributed by atoms with van der Waals surface area (Å²) in [6.07, 6.45) is -0.475.